The molecule has 0 saturated carbocycles. The molecule has 0 heterocycles. The highest BCUT2D eigenvalue weighted by atomic mass is 32.1. The largest absolute Gasteiger partial charge is 0.389 e. The summed E-state index contributed by atoms with van der Waals surface area (Å²) in [7, 11) is 0. The first-order valence-electron chi connectivity index (χ1n) is 5.76. The zero-order chi connectivity index (χ0) is 12.1. The van der Waals surface area contributed by atoms with Crippen LogP contribution in [-0.4, -0.2) is 17.6 Å². The van der Waals surface area contributed by atoms with Crippen molar-refractivity contribution in [1.29, 1.82) is 0 Å². The average Bonchev–Trinajstić information content (AvgIpc) is 2.30. The molecule has 1 aromatic rings. The van der Waals surface area contributed by atoms with Gasteiger partial charge in [-0.15, -0.1) is 0 Å². The lowest BCUT2D eigenvalue weighted by molar-refractivity contribution is 0.630. The van der Waals surface area contributed by atoms with Crippen LogP contribution in [0, 0.1) is 0 Å². The smallest absolute Gasteiger partial charge is 0.103 e. The summed E-state index contributed by atoms with van der Waals surface area (Å²) in [5.74, 6) is 0. The van der Waals surface area contributed by atoms with Crippen LogP contribution >= 0.6 is 12.2 Å². The van der Waals surface area contributed by atoms with E-state index in [2.05, 4.69) is 37.8 Å². The number of thiocarbonyl (C=S) groups is 1. The summed E-state index contributed by atoms with van der Waals surface area (Å²) in [5, 5.41) is 0. The molecule has 1 atom stereocenters. The molecule has 2 N–H and O–H groups in total. The molecule has 0 spiro atoms. The van der Waals surface area contributed by atoms with E-state index in [0.717, 1.165) is 18.5 Å². The summed E-state index contributed by atoms with van der Waals surface area (Å²) in [6.07, 6.45) is 1.14. The standard InChI is InChI=1S/C13H20N2S/c1-4-10(3)15(5-2)12-8-6-11(7-9-12)13(14)16/h6-10H,4-5H2,1-3H3,(H2,14,16). The lowest BCUT2D eigenvalue weighted by Gasteiger charge is -2.29. The highest BCUT2D eigenvalue weighted by Crippen LogP contribution is 2.19. The maximum atomic E-state index is 5.58. The van der Waals surface area contributed by atoms with E-state index in [4.69, 9.17) is 18.0 Å². The Hall–Kier alpha value is -1.09. The Balaban J connectivity index is 2.90. The fraction of sp³-hybridized carbons (Fsp3) is 0.462. The summed E-state index contributed by atoms with van der Waals surface area (Å²) >= 11 is 4.94. The predicted octanol–water partition coefficient (Wildman–Crippen LogP) is 2.95. The van der Waals surface area contributed by atoms with Gasteiger partial charge in [-0.3, -0.25) is 0 Å². The van der Waals surface area contributed by atoms with Crippen molar-refractivity contribution in [2.24, 2.45) is 5.73 Å². The van der Waals surface area contributed by atoms with E-state index in [1.807, 2.05) is 12.1 Å². The quantitative estimate of drug-likeness (QED) is 0.797. The second-order valence-corrected chi connectivity index (χ2v) is 4.39. The molecule has 88 valence electrons. The molecule has 0 saturated heterocycles. The Morgan fingerprint density at radius 3 is 2.25 bits per heavy atom. The molecule has 2 nitrogen and oxygen atoms in total. The van der Waals surface area contributed by atoms with Crippen molar-refractivity contribution in [2.75, 3.05) is 11.4 Å². The van der Waals surface area contributed by atoms with Crippen LogP contribution in [0.4, 0.5) is 5.69 Å². The van der Waals surface area contributed by atoms with Crippen LogP contribution in [0.2, 0.25) is 0 Å². The van der Waals surface area contributed by atoms with E-state index < -0.39 is 0 Å². The van der Waals surface area contributed by atoms with Crippen molar-refractivity contribution in [1.82, 2.24) is 0 Å². The second kappa shape index (κ2) is 5.85. The molecule has 0 amide bonds. The third kappa shape index (κ3) is 2.95. The molecular weight excluding hydrogens is 216 g/mol. The number of rotatable bonds is 5. The SMILES string of the molecule is CCC(C)N(CC)c1ccc(C(N)=S)cc1. The Labute approximate surface area is 103 Å². The summed E-state index contributed by atoms with van der Waals surface area (Å²) in [5.41, 5.74) is 7.74. The van der Waals surface area contributed by atoms with Crippen molar-refractivity contribution >= 4 is 22.9 Å². The Bertz CT molecular complexity index is 345. The van der Waals surface area contributed by atoms with Crippen molar-refractivity contribution < 1.29 is 0 Å². The highest BCUT2D eigenvalue weighted by Gasteiger charge is 2.10. The van der Waals surface area contributed by atoms with Gasteiger partial charge in [0.05, 0.1) is 0 Å². The minimum Gasteiger partial charge on any atom is -0.389 e. The number of benzene rings is 1. The molecule has 0 aliphatic carbocycles. The van der Waals surface area contributed by atoms with Crippen LogP contribution in [0.5, 0.6) is 0 Å². The van der Waals surface area contributed by atoms with Gasteiger partial charge in [0.25, 0.3) is 0 Å². The lowest BCUT2D eigenvalue weighted by Crippen LogP contribution is -2.32. The first-order chi connectivity index (χ1) is 7.60. The third-order valence-electron chi connectivity index (χ3n) is 2.95. The first-order valence-corrected chi connectivity index (χ1v) is 6.17. The zero-order valence-electron chi connectivity index (χ0n) is 10.2. The van der Waals surface area contributed by atoms with Gasteiger partial charge in [-0.1, -0.05) is 19.1 Å². The van der Waals surface area contributed by atoms with E-state index in [9.17, 15) is 0 Å². The van der Waals surface area contributed by atoms with Gasteiger partial charge in [-0.25, -0.2) is 0 Å². The fourth-order valence-corrected chi connectivity index (χ4v) is 1.92. The molecule has 0 aliphatic rings. The third-order valence-corrected chi connectivity index (χ3v) is 3.18. The molecular formula is C13H20N2S. The van der Waals surface area contributed by atoms with Gasteiger partial charge in [-0.05, 0) is 44.5 Å². The van der Waals surface area contributed by atoms with E-state index in [-0.39, 0.29) is 0 Å². The first kappa shape index (κ1) is 13.0. The van der Waals surface area contributed by atoms with Crippen molar-refractivity contribution in [3.63, 3.8) is 0 Å². The topological polar surface area (TPSA) is 29.3 Å². The minimum absolute atomic E-state index is 0.457. The van der Waals surface area contributed by atoms with Crippen LogP contribution in [0.1, 0.15) is 32.8 Å². The molecule has 0 aromatic heterocycles. The molecule has 0 aliphatic heterocycles. The van der Waals surface area contributed by atoms with Gasteiger partial charge in [0.15, 0.2) is 0 Å². The van der Waals surface area contributed by atoms with Gasteiger partial charge in [0.1, 0.15) is 4.99 Å². The van der Waals surface area contributed by atoms with Crippen LogP contribution in [0.3, 0.4) is 0 Å². The molecule has 3 heteroatoms. The maximum absolute atomic E-state index is 5.58. The predicted molar refractivity (Wildman–Crippen MR) is 75.1 cm³/mol. The van der Waals surface area contributed by atoms with E-state index in [0.29, 0.717) is 11.0 Å². The van der Waals surface area contributed by atoms with Gasteiger partial charge < -0.3 is 10.6 Å². The Kier molecular flexibility index (Phi) is 4.74. The molecule has 1 aromatic carbocycles. The van der Waals surface area contributed by atoms with Gasteiger partial charge in [0.2, 0.25) is 0 Å². The second-order valence-electron chi connectivity index (χ2n) is 3.95. The molecule has 1 rings (SSSR count). The van der Waals surface area contributed by atoms with Crippen LogP contribution in [0.25, 0.3) is 0 Å². The van der Waals surface area contributed by atoms with E-state index >= 15 is 0 Å². The number of hydrogen-bond donors (Lipinski definition) is 1. The minimum atomic E-state index is 0.457. The number of anilines is 1. The maximum Gasteiger partial charge on any atom is 0.103 e. The van der Waals surface area contributed by atoms with Crippen LogP contribution in [-0.2, 0) is 0 Å². The molecule has 0 radical (unpaired) electrons. The highest BCUT2D eigenvalue weighted by molar-refractivity contribution is 7.80. The summed E-state index contributed by atoms with van der Waals surface area (Å²) in [6.45, 7) is 7.64. The van der Waals surface area contributed by atoms with Gasteiger partial charge >= 0.3 is 0 Å². The number of nitrogens with zero attached hydrogens (tertiary/aromatic N) is 1. The monoisotopic (exact) mass is 236 g/mol. The fourth-order valence-electron chi connectivity index (χ4n) is 1.79. The summed E-state index contributed by atoms with van der Waals surface area (Å²) < 4.78 is 0. The number of nitrogens with two attached hydrogens (primary N) is 1. The summed E-state index contributed by atoms with van der Waals surface area (Å²) in [6, 6.07) is 8.71. The van der Waals surface area contributed by atoms with Crippen molar-refractivity contribution in [3.8, 4) is 0 Å². The molecule has 16 heavy (non-hydrogen) atoms. The van der Waals surface area contributed by atoms with Gasteiger partial charge in [-0.2, -0.15) is 0 Å². The van der Waals surface area contributed by atoms with Crippen molar-refractivity contribution in [3.05, 3.63) is 29.8 Å². The van der Waals surface area contributed by atoms with Gasteiger partial charge in [0, 0.05) is 23.8 Å². The van der Waals surface area contributed by atoms with E-state index in [1.54, 1.807) is 0 Å². The van der Waals surface area contributed by atoms with E-state index in [1.165, 1.54) is 5.69 Å². The normalized spacial score (nSPS) is 12.2. The number of hydrogen-bond acceptors (Lipinski definition) is 2. The molecule has 1 unspecified atom stereocenters. The van der Waals surface area contributed by atoms with Crippen molar-refractivity contribution in [2.45, 2.75) is 33.2 Å². The molecule has 0 fully saturated rings. The van der Waals surface area contributed by atoms with Crippen LogP contribution < -0.4 is 10.6 Å². The Morgan fingerprint density at radius 1 is 1.31 bits per heavy atom. The lowest BCUT2D eigenvalue weighted by atomic mass is 10.1. The molecule has 0 bridgehead atoms. The average molecular weight is 236 g/mol. The Morgan fingerprint density at radius 2 is 1.88 bits per heavy atom. The zero-order valence-corrected chi connectivity index (χ0v) is 11.1. The summed E-state index contributed by atoms with van der Waals surface area (Å²) in [4.78, 5) is 2.83. The van der Waals surface area contributed by atoms with Crippen LogP contribution in [0.15, 0.2) is 24.3 Å².